The van der Waals surface area contributed by atoms with Gasteiger partial charge in [-0.05, 0) is 55.4 Å². The number of nitrogens with zero attached hydrogens (tertiary/aromatic N) is 1. The maximum atomic E-state index is 14.1. The molecule has 3 amide bonds. The first-order valence-electron chi connectivity index (χ1n) is 18.0. The molecular formula is C38H57N5O6. The third-order valence-electron chi connectivity index (χ3n) is 9.66. The number of amides is 3. The number of unbranched alkanes of at least 4 members (excludes halogenated alkanes) is 1. The number of nitrogens with one attached hydrogen (secondary N) is 4. The minimum Gasteiger partial charge on any atom is -0.481 e. The third kappa shape index (κ3) is 14.6. The first-order valence-corrected chi connectivity index (χ1v) is 18.0. The molecule has 0 spiro atoms. The second-order valence-corrected chi connectivity index (χ2v) is 13.9. The summed E-state index contributed by atoms with van der Waals surface area (Å²) in [4.78, 5) is 58.9. The van der Waals surface area contributed by atoms with Crippen LogP contribution in [0.15, 0.2) is 55.5 Å². The Balaban J connectivity index is 1.78. The minimum atomic E-state index is -0.980. The lowest BCUT2D eigenvalue weighted by atomic mass is 9.81. The molecular weight excluding hydrogens is 622 g/mol. The topological polar surface area (TPSA) is 174 Å². The number of aromatic amines is 1. The fourth-order valence-corrected chi connectivity index (χ4v) is 6.66. The van der Waals surface area contributed by atoms with E-state index in [4.69, 9.17) is 5.11 Å². The van der Waals surface area contributed by atoms with E-state index in [2.05, 4.69) is 46.3 Å². The highest BCUT2D eigenvalue weighted by Gasteiger charge is 2.33. The summed E-state index contributed by atoms with van der Waals surface area (Å²) in [6.07, 6.45) is 12.3. The van der Waals surface area contributed by atoms with E-state index in [1.165, 1.54) is 12.7 Å². The first-order chi connectivity index (χ1) is 23.5. The summed E-state index contributed by atoms with van der Waals surface area (Å²) in [7, 11) is 0. The van der Waals surface area contributed by atoms with Gasteiger partial charge in [0.25, 0.3) is 0 Å². The number of aliphatic hydroxyl groups is 1. The Morgan fingerprint density at radius 1 is 1.02 bits per heavy atom. The molecule has 2 aromatic rings. The van der Waals surface area contributed by atoms with Crippen LogP contribution in [0.25, 0.3) is 0 Å². The number of allylic oxidation sites excluding steroid dienone is 1. The van der Waals surface area contributed by atoms with Crippen LogP contribution in [0.4, 0.5) is 0 Å². The Labute approximate surface area is 291 Å². The van der Waals surface area contributed by atoms with Crippen molar-refractivity contribution in [1.82, 2.24) is 25.9 Å². The maximum absolute atomic E-state index is 14.1. The zero-order valence-corrected chi connectivity index (χ0v) is 29.2. The van der Waals surface area contributed by atoms with Gasteiger partial charge >= 0.3 is 5.97 Å². The number of hydrogen-bond acceptors (Lipinski definition) is 6. The predicted octanol–water partition coefficient (Wildman–Crippen LogP) is 4.72. The number of benzene rings is 1. The molecule has 270 valence electrons. The van der Waals surface area contributed by atoms with Gasteiger partial charge in [-0.2, -0.15) is 0 Å². The molecule has 1 aliphatic carbocycles. The molecule has 3 rings (SSSR count). The first kappa shape index (κ1) is 39.4. The van der Waals surface area contributed by atoms with Crippen molar-refractivity contribution >= 4 is 23.7 Å². The Morgan fingerprint density at radius 3 is 2.39 bits per heavy atom. The largest absolute Gasteiger partial charge is 0.481 e. The quantitative estimate of drug-likeness (QED) is 0.0772. The molecule has 1 aromatic carbocycles. The van der Waals surface area contributed by atoms with Crippen molar-refractivity contribution in [2.75, 3.05) is 6.54 Å². The maximum Gasteiger partial charge on any atom is 0.303 e. The number of imidazole rings is 1. The van der Waals surface area contributed by atoms with Crippen LogP contribution in [0, 0.1) is 23.7 Å². The third-order valence-corrected chi connectivity index (χ3v) is 9.66. The molecule has 1 fully saturated rings. The zero-order valence-electron chi connectivity index (χ0n) is 29.2. The van der Waals surface area contributed by atoms with E-state index in [0.717, 1.165) is 31.2 Å². The standard InChI is InChI=1S/C38H57N5O6/c1-4-29(26(2)3)21-34(44)32(20-28-15-9-6-10-16-28)42-38(49)33(23-31-24-39-25-41-31)43-37(48)30(19-27-13-7-5-8-14-27)22-35(45)40-18-12-11-17-36(46)47/h4-5,7-8,13-14,24-26,28-30,32-34,44H,1,6,9-12,15-23H2,2-3H3,(H,39,41)(H,40,45)(H,42,49)(H,43,48)(H,46,47)/t29-,30?,32-,33-,34-/m0/s1. The van der Waals surface area contributed by atoms with Crippen LogP contribution < -0.4 is 16.0 Å². The van der Waals surface area contributed by atoms with Gasteiger partial charge in [-0.15, -0.1) is 6.58 Å². The molecule has 0 saturated heterocycles. The summed E-state index contributed by atoms with van der Waals surface area (Å²) in [6, 6.07) is 7.93. The van der Waals surface area contributed by atoms with Gasteiger partial charge in [0.1, 0.15) is 6.04 Å². The molecule has 0 radical (unpaired) electrons. The number of aliphatic hydroxyl groups excluding tert-OH is 1. The molecule has 1 unspecified atom stereocenters. The lowest BCUT2D eigenvalue weighted by Gasteiger charge is -2.33. The summed E-state index contributed by atoms with van der Waals surface area (Å²) in [5.74, 6) is -2.03. The second kappa shape index (κ2) is 21.2. The van der Waals surface area contributed by atoms with E-state index in [1.54, 1.807) is 6.20 Å². The van der Waals surface area contributed by atoms with Crippen LogP contribution in [0.3, 0.4) is 0 Å². The molecule has 49 heavy (non-hydrogen) atoms. The van der Waals surface area contributed by atoms with Gasteiger partial charge < -0.3 is 31.1 Å². The fraction of sp³-hybridized carbons (Fsp3) is 0.605. The van der Waals surface area contributed by atoms with E-state index >= 15 is 0 Å². The lowest BCUT2D eigenvalue weighted by Crippen LogP contribution is -2.55. The van der Waals surface area contributed by atoms with Crippen LogP contribution >= 0.6 is 0 Å². The van der Waals surface area contributed by atoms with Crippen LogP contribution in [0.2, 0.25) is 0 Å². The van der Waals surface area contributed by atoms with E-state index < -0.39 is 41.9 Å². The van der Waals surface area contributed by atoms with Crippen LogP contribution in [-0.2, 0) is 32.0 Å². The zero-order chi connectivity index (χ0) is 35.6. The average Bonchev–Trinajstić information content (AvgIpc) is 3.60. The fourth-order valence-electron chi connectivity index (χ4n) is 6.66. The SMILES string of the molecule is C=C[C@@H](C[C@H](O)[C@H](CC1CCCCC1)NC(=O)[C@H](Cc1cnc[nH]1)NC(=O)C(CC(=O)NCCCCC(=O)O)Cc1ccccc1)C(C)C. The Hall–Kier alpha value is -3.99. The second-order valence-electron chi connectivity index (χ2n) is 13.9. The number of carbonyl (C=O) groups excluding carboxylic acids is 3. The molecule has 5 atom stereocenters. The van der Waals surface area contributed by atoms with E-state index in [9.17, 15) is 24.3 Å². The number of hydrogen-bond donors (Lipinski definition) is 6. The molecule has 1 saturated carbocycles. The number of rotatable bonds is 22. The molecule has 0 bridgehead atoms. The summed E-state index contributed by atoms with van der Waals surface area (Å²) in [6.45, 7) is 8.46. The summed E-state index contributed by atoms with van der Waals surface area (Å²) >= 11 is 0. The molecule has 0 aliphatic heterocycles. The van der Waals surface area contributed by atoms with Crippen molar-refractivity contribution in [1.29, 1.82) is 0 Å². The number of carboxylic acids is 1. The van der Waals surface area contributed by atoms with Gasteiger partial charge in [-0.25, -0.2) is 4.98 Å². The molecule has 11 heteroatoms. The highest BCUT2D eigenvalue weighted by atomic mass is 16.4. The van der Waals surface area contributed by atoms with E-state index in [1.807, 2.05) is 36.4 Å². The van der Waals surface area contributed by atoms with Crippen molar-refractivity contribution < 1.29 is 29.4 Å². The van der Waals surface area contributed by atoms with E-state index in [0.29, 0.717) is 50.3 Å². The molecule has 6 N–H and O–H groups in total. The summed E-state index contributed by atoms with van der Waals surface area (Å²) < 4.78 is 0. The number of carbonyl (C=O) groups is 4. The predicted molar refractivity (Wildman–Crippen MR) is 189 cm³/mol. The Morgan fingerprint density at radius 2 is 1.76 bits per heavy atom. The molecule has 1 aromatic heterocycles. The number of H-pyrrole nitrogens is 1. The molecule has 11 nitrogen and oxygen atoms in total. The summed E-state index contributed by atoms with van der Waals surface area (Å²) in [5.41, 5.74) is 1.54. The lowest BCUT2D eigenvalue weighted by molar-refractivity contribution is -0.137. The average molecular weight is 680 g/mol. The number of aromatic nitrogens is 2. The molecule has 1 heterocycles. The van der Waals surface area contributed by atoms with Gasteiger partial charge in [-0.1, -0.05) is 82.4 Å². The number of carboxylic acid groups (broad SMARTS) is 1. The smallest absolute Gasteiger partial charge is 0.303 e. The van der Waals surface area contributed by atoms with E-state index in [-0.39, 0.29) is 37.0 Å². The normalized spacial score (nSPS) is 16.6. The van der Waals surface area contributed by atoms with Crippen LogP contribution in [0.5, 0.6) is 0 Å². The van der Waals surface area contributed by atoms with Crippen LogP contribution in [-0.4, -0.2) is 68.6 Å². The number of aliphatic carboxylic acids is 1. The van der Waals surface area contributed by atoms with Crippen molar-refractivity contribution in [3.63, 3.8) is 0 Å². The van der Waals surface area contributed by atoms with Gasteiger partial charge in [0, 0.05) is 37.7 Å². The Bertz CT molecular complexity index is 1290. The van der Waals surface area contributed by atoms with Gasteiger partial charge in [-0.3, -0.25) is 19.2 Å². The van der Waals surface area contributed by atoms with Gasteiger partial charge in [0.15, 0.2) is 0 Å². The van der Waals surface area contributed by atoms with Crippen molar-refractivity contribution in [2.24, 2.45) is 23.7 Å². The van der Waals surface area contributed by atoms with Gasteiger partial charge in [0.05, 0.1) is 24.4 Å². The highest BCUT2D eigenvalue weighted by Crippen LogP contribution is 2.30. The van der Waals surface area contributed by atoms with Crippen molar-refractivity contribution in [2.45, 2.75) is 116 Å². The van der Waals surface area contributed by atoms with Crippen LogP contribution in [0.1, 0.15) is 95.7 Å². The highest BCUT2D eigenvalue weighted by molar-refractivity contribution is 5.91. The van der Waals surface area contributed by atoms with Gasteiger partial charge in [0.2, 0.25) is 17.7 Å². The monoisotopic (exact) mass is 679 g/mol. The summed E-state index contributed by atoms with van der Waals surface area (Å²) in [5, 5.41) is 29.3. The molecule has 1 aliphatic rings. The Kier molecular flexibility index (Phi) is 17.0. The minimum absolute atomic E-state index is 0.0276. The van der Waals surface area contributed by atoms with Crippen molar-refractivity contribution in [3.05, 3.63) is 66.8 Å². The van der Waals surface area contributed by atoms with Crippen molar-refractivity contribution in [3.8, 4) is 0 Å².